The van der Waals surface area contributed by atoms with Gasteiger partial charge in [0.2, 0.25) is 5.95 Å². The number of nitrogens with zero attached hydrogens (tertiary/aromatic N) is 3. The van der Waals surface area contributed by atoms with E-state index in [0.29, 0.717) is 30.5 Å². The van der Waals surface area contributed by atoms with Gasteiger partial charge in [-0.1, -0.05) is 58.7 Å². The van der Waals surface area contributed by atoms with Crippen LogP contribution in [0.3, 0.4) is 0 Å². The Labute approximate surface area is 283 Å². The lowest BCUT2D eigenvalue weighted by molar-refractivity contribution is -0.147. The number of aromatic nitrogens is 4. The Morgan fingerprint density at radius 1 is 1.15 bits per heavy atom. The first-order valence-corrected chi connectivity index (χ1v) is 17.1. The Kier molecular flexibility index (Phi) is 17.8. The molecule has 0 spiro atoms. The number of ether oxygens (including phenoxy) is 2. The third-order valence-corrected chi connectivity index (χ3v) is 8.12. The van der Waals surface area contributed by atoms with E-state index in [4.69, 9.17) is 30.6 Å². The van der Waals surface area contributed by atoms with Crippen molar-refractivity contribution < 1.29 is 28.7 Å². The molecule has 1 fully saturated rings. The minimum absolute atomic E-state index is 0.0385. The summed E-state index contributed by atoms with van der Waals surface area (Å²) in [5.74, 6) is 0.492. The molecule has 0 bridgehead atoms. The van der Waals surface area contributed by atoms with Crippen LogP contribution in [0.4, 0.5) is 5.95 Å². The highest BCUT2D eigenvalue weighted by Crippen LogP contribution is 2.38. The van der Waals surface area contributed by atoms with Gasteiger partial charge in [0.25, 0.3) is 5.56 Å². The molecule has 1 aliphatic rings. The third-order valence-electron chi connectivity index (χ3n) is 7.36. The minimum Gasteiger partial charge on any atom is -0.508 e. The number of benzene rings is 1. The molecule has 2 heterocycles. The van der Waals surface area contributed by atoms with Gasteiger partial charge in [-0.25, -0.2) is 4.98 Å². The molecule has 0 saturated heterocycles. The molecule has 4 rings (SSSR count). The predicted octanol–water partition coefficient (Wildman–Crippen LogP) is 4.36. The van der Waals surface area contributed by atoms with Gasteiger partial charge in [-0.15, -0.1) is 0 Å². The van der Waals surface area contributed by atoms with Gasteiger partial charge >= 0.3 is 11.9 Å². The molecule has 266 valence electrons. The normalized spacial score (nSPS) is 15.9. The maximum Gasteiger partial charge on any atom is 0.323 e. The number of hydrogen-bond donors (Lipinski definition) is 5. The van der Waals surface area contributed by atoms with E-state index in [2.05, 4.69) is 33.9 Å². The molecule has 14 nitrogen and oxygen atoms in total. The van der Waals surface area contributed by atoms with E-state index in [9.17, 15) is 14.4 Å². The summed E-state index contributed by atoms with van der Waals surface area (Å²) < 4.78 is 17.1. The Hall–Kier alpha value is -3.84. The number of rotatable bonds is 15. The Balaban J connectivity index is 0.000000289. The number of para-hydroxylation sites is 1. The fraction of sp³-hybridized carbons (Fsp3) is 0.545. The predicted molar refractivity (Wildman–Crippen MR) is 189 cm³/mol. The molecule has 3 aromatic rings. The van der Waals surface area contributed by atoms with Crippen molar-refractivity contribution in [3.63, 3.8) is 0 Å². The summed E-state index contributed by atoms with van der Waals surface area (Å²) in [6.45, 7) is 10.7. The van der Waals surface area contributed by atoms with Crippen molar-refractivity contribution in [2.75, 3.05) is 26.1 Å². The van der Waals surface area contributed by atoms with Crippen molar-refractivity contribution in [1.29, 1.82) is 0 Å². The summed E-state index contributed by atoms with van der Waals surface area (Å²) in [5, 5.41) is 11.6. The highest BCUT2D eigenvalue weighted by Gasteiger charge is 2.32. The molecule has 1 aliphatic carbocycles. The number of esters is 2. The average Bonchev–Trinajstić information content (AvgIpc) is 3.69. The first kappa shape index (κ1) is 40.3. The Bertz CT molecular complexity index is 1490. The number of H-pyrrole nitrogens is 1. The number of nitrogens with two attached hydrogens (primary N) is 2. The summed E-state index contributed by atoms with van der Waals surface area (Å²) >= 11 is 0. The summed E-state index contributed by atoms with van der Waals surface area (Å²) in [5.41, 5.74) is 12.6. The van der Waals surface area contributed by atoms with Crippen LogP contribution >= 0.6 is 8.96 Å². The quantitative estimate of drug-likeness (QED) is 0.111. The second kappa shape index (κ2) is 21.2. The van der Waals surface area contributed by atoms with Crippen LogP contribution in [-0.4, -0.2) is 69.0 Å². The molecule has 0 amide bonds. The van der Waals surface area contributed by atoms with Crippen LogP contribution in [0.1, 0.15) is 66.7 Å². The van der Waals surface area contributed by atoms with E-state index in [0.717, 1.165) is 37.7 Å². The van der Waals surface area contributed by atoms with Crippen LogP contribution in [0.2, 0.25) is 0 Å². The van der Waals surface area contributed by atoms with E-state index >= 15 is 0 Å². The van der Waals surface area contributed by atoms with E-state index in [1.54, 1.807) is 42.9 Å². The second-order valence-corrected chi connectivity index (χ2v) is 12.8. The van der Waals surface area contributed by atoms with Crippen molar-refractivity contribution >= 4 is 44.2 Å². The van der Waals surface area contributed by atoms with Crippen LogP contribution in [0.25, 0.3) is 17.4 Å². The molecule has 1 aromatic carbocycles. The second-order valence-electron chi connectivity index (χ2n) is 11.9. The third kappa shape index (κ3) is 14.1. The van der Waals surface area contributed by atoms with E-state index in [-0.39, 0.29) is 55.8 Å². The number of carbonyl (C=O) groups is 2. The maximum atomic E-state index is 11.7. The van der Waals surface area contributed by atoms with Crippen molar-refractivity contribution in [3.8, 4) is 5.75 Å². The number of phenolic OH excluding ortho intramolecular Hbond substituents is 1. The number of anilines is 1. The van der Waals surface area contributed by atoms with E-state index in [1.807, 2.05) is 26.1 Å². The molecule has 4 atom stereocenters. The number of fused-ring (bicyclic) bond motifs is 1. The minimum atomic E-state index is -0.604. The first-order chi connectivity index (χ1) is 22.9. The first-order valence-electron chi connectivity index (χ1n) is 16.2. The van der Waals surface area contributed by atoms with Gasteiger partial charge in [-0.3, -0.25) is 29.0 Å². The van der Waals surface area contributed by atoms with Crippen LogP contribution < -0.4 is 22.1 Å². The number of phenols is 1. The molecular weight excluding hydrogens is 637 g/mol. The van der Waals surface area contributed by atoms with Crippen LogP contribution in [0.5, 0.6) is 5.75 Å². The van der Waals surface area contributed by atoms with Gasteiger partial charge < -0.3 is 30.6 Å². The molecule has 15 heteroatoms. The molecular formula is C33H52N7O7P. The zero-order chi connectivity index (χ0) is 35.6. The van der Waals surface area contributed by atoms with Crippen LogP contribution in [0.15, 0.2) is 47.0 Å². The van der Waals surface area contributed by atoms with Gasteiger partial charge in [-0.2, -0.15) is 4.98 Å². The number of nitrogen functional groups attached to an aromatic ring is 1. The number of aromatic amines is 1. The van der Waals surface area contributed by atoms with E-state index < -0.39 is 6.04 Å². The number of imidazole rings is 1. The molecule has 0 aliphatic heterocycles. The number of aromatic hydroxyl groups is 1. The van der Waals surface area contributed by atoms with Gasteiger partial charge in [0.1, 0.15) is 24.2 Å². The van der Waals surface area contributed by atoms with Crippen LogP contribution in [-0.2, 0) is 23.6 Å². The number of nitrogens with one attached hydrogen (secondary N) is 2. The molecule has 0 radical (unpaired) electrons. The molecule has 1 saturated carbocycles. The van der Waals surface area contributed by atoms with Gasteiger partial charge in [0.05, 0.1) is 22.2 Å². The number of carbonyl (C=O) groups excluding carboxylic acids is 2. The topological polar surface area (TPSA) is 210 Å². The summed E-state index contributed by atoms with van der Waals surface area (Å²) in [4.78, 5) is 45.6. The zero-order valence-electron chi connectivity index (χ0n) is 28.8. The standard InChI is InChI=1S/C15H20N6O3.C12H26NO3P.C6H6O/c1-7(2)10(16)14(23)24-5-9-3-8(9)4-21-6-18-11-12(21)19-15(17)20-13(11)22;1-5-7-11(8-6-2)9-16-12(14)10(3)13-17-15-4;7-6-4-2-1-3-5-6/h4,6-7,9-10H,3,5,16H2,1-2H3,(H3,17,19,20,22);10-11,13,17H,5-9H2,1-4H3;1-5,7H/b8-4-;;. The highest BCUT2D eigenvalue weighted by molar-refractivity contribution is 7.29. The van der Waals surface area contributed by atoms with Crippen molar-refractivity contribution in [2.24, 2.45) is 23.5 Å². The summed E-state index contributed by atoms with van der Waals surface area (Å²) in [6, 6.07) is 7.81. The van der Waals surface area contributed by atoms with Crippen molar-refractivity contribution in [1.82, 2.24) is 24.6 Å². The Morgan fingerprint density at radius 3 is 2.38 bits per heavy atom. The lowest BCUT2D eigenvalue weighted by Gasteiger charge is -2.17. The molecule has 48 heavy (non-hydrogen) atoms. The van der Waals surface area contributed by atoms with Gasteiger partial charge in [-0.05, 0) is 55.7 Å². The lowest BCUT2D eigenvalue weighted by Crippen LogP contribution is -2.37. The monoisotopic (exact) mass is 689 g/mol. The summed E-state index contributed by atoms with van der Waals surface area (Å²) in [6.07, 6.45) is 8.69. The highest BCUT2D eigenvalue weighted by atomic mass is 31.1. The fourth-order valence-electron chi connectivity index (χ4n) is 4.40. The van der Waals surface area contributed by atoms with Gasteiger partial charge in [0, 0.05) is 19.2 Å². The Morgan fingerprint density at radius 2 is 1.81 bits per heavy atom. The average molecular weight is 690 g/mol. The van der Waals surface area contributed by atoms with Crippen molar-refractivity contribution in [2.45, 2.75) is 78.8 Å². The molecule has 2 aromatic heterocycles. The lowest BCUT2D eigenvalue weighted by atomic mass is 9.99. The molecule has 7 N–H and O–H groups in total. The number of hydrogen-bond acceptors (Lipinski definition) is 12. The van der Waals surface area contributed by atoms with Crippen molar-refractivity contribution in [3.05, 3.63) is 52.6 Å². The smallest absolute Gasteiger partial charge is 0.323 e. The summed E-state index contributed by atoms with van der Waals surface area (Å²) in [7, 11) is 1.74. The molecule has 4 unspecified atom stereocenters. The largest absolute Gasteiger partial charge is 0.508 e. The van der Waals surface area contributed by atoms with Gasteiger partial charge in [0.15, 0.2) is 11.2 Å². The zero-order valence-corrected chi connectivity index (χ0v) is 29.8. The SMILES string of the molecule is CC(C)C(N)C(=O)OCC1C/C1=C/n1cnc2c(=O)[nH]c(N)nc21.CCCC(CCC)COC(=O)C(C)NPOC.Oc1ccccc1. The fourth-order valence-corrected chi connectivity index (χ4v) is 4.82. The van der Waals surface area contributed by atoms with Crippen LogP contribution in [0, 0.1) is 17.8 Å². The maximum absolute atomic E-state index is 11.7. The van der Waals surface area contributed by atoms with E-state index in [1.165, 1.54) is 6.33 Å².